The predicted molar refractivity (Wildman–Crippen MR) is 71.5 cm³/mol. The maximum Gasteiger partial charge on any atom is 0.251 e. The summed E-state index contributed by atoms with van der Waals surface area (Å²) in [7, 11) is 1.58. The van der Waals surface area contributed by atoms with Crippen molar-refractivity contribution in [2.24, 2.45) is 5.73 Å². The number of aryl methyl sites for hydroxylation is 1. The molecule has 0 aromatic heterocycles. The van der Waals surface area contributed by atoms with E-state index in [2.05, 4.69) is 10.6 Å². The lowest BCUT2D eigenvalue weighted by Crippen LogP contribution is -2.35. The van der Waals surface area contributed by atoms with Crippen molar-refractivity contribution in [1.29, 1.82) is 0 Å². The molecule has 1 rings (SSSR count). The number of hydrogen-bond acceptors (Lipinski definition) is 3. The fraction of sp³-hybridized carbons (Fsp3) is 0.385. The van der Waals surface area contributed by atoms with Crippen LogP contribution in [0.15, 0.2) is 18.2 Å². The Bertz CT molecular complexity index is 458. The fourth-order valence-corrected chi connectivity index (χ4v) is 1.50. The van der Waals surface area contributed by atoms with Crippen molar-refractivity contribution in [3.8, 4) is 0 Å². The summed E-state index contributed by atoms with van der Waals surface area (Å²) < 4.78 is 0. The molecule has 0 fully saturated rings. The number of hydrogen-bond donors (Lipinski definition) is 3. The first-order valence-electron chi connectivity index (χ1n) is 5.88. The van der Waals surface area contributed by atoms with Gasteiger partial charge in [-0.25, -0.2) is 0 Å². The highest BCUT2D eigenvalue weighted by Gasteiger charge is 2.13. The molecule has 0 unspecified atom stereocenters. The Kier molecular flexibility index (Phi) is 4.85. The lowest BCUT2D eigenvalue weighted by molar-refractivity contribution is -0.117. The zero-order chi connectivity index (χ0) is 13.7. The summed E-state index contributed by atoms with van der Waals surface area (Å²) in [6.45, 7) is 3.69. The highest BCUT2D eigenvalue weighted by atomic mass is 16.2. The minimum atomic E-state index is -0.511. The molecule has 1 aromatic carbocycles. The standard InChI is InChI=1S/C13H19N3O2/c1-4-10(14)13(18)16-11-6-5-9(7-8(11)2)12(17)15-3/h5-7,10H,4,14H2,1-3H3,(H,15,17)(H,16,18)/t10-/m0/s1. The first-order chi connectivity index (χ1) is 8.49. The largest absolute Gasteiger partial charge is 0.355 e. The van der Waals surface area contributed by atoms with Gasteiger partial charge in [0.2, 0.25) is 5.91 Å². The fourth-order valence-electron chi connectivity index (χ4n) is 1.50. The molecule has 0 aliphatic rings. The molecular weight excluding hydrogens is 230 g/mol. The van der Waals surface area contributed by atoms with Crippen molar-refractivity contribution in [3.05, 3.63) is 29.3 Å². The van der Waals surface area contributed by atoms with Crippen molar-refractivity contribution < 1.29 is 9.59 Å². The molecule has 18 heavy (non-hydrogen) atoms. The highest BCUT2D eigenvalue weighted by molar-refractivity contribution is 5.97. The Balaban J connectivity index is 2.86. The van der Waals surface area contributed by atoms with Gasteiger partial charge in [0.1, 0.15) is 0 Å². The van der Waals surface area contributed by atoms with Crippen LogP contribution in [0.1, 0.15) is 29.3 Å². The number of carbonyl (C=O) groups excluding carboxylic acids is 2. The number of carbonyl (C=O) groups is 2. The van der Waals surface area contributed by atoms with E-state index in [1.165, 1.54) is 0 Å². The SMILES string of the molecule is CC[C@H](N)C(=O)Nc1ccc(C(=O)NC)cc1C. The van der Waals surface area contributed by atoms with Crippen molar-refractivity contribution in [3.63, 3.8) is 0 Å². The van der Waals surface area contributed by atoms with E-state index < -0.39 is 6.04 Å². The van der Waals surface area contributed by atoms with Crippen LogP contribution < -0.4 is 16.4 Å². The summed E-state index contributed by atoms with van der Waals surface area (Å²) in [5, 5.41) is 5.30. The number of nitrogens with two attached hydrogens (primary N) is 1. The van der Waals surface area contributed by atoms with E-state index in [0.29, 0.717) is 17.7 Å². The molecule has 2 amide bonds. The topological polar surface area (TPSA) is 84.2 Å². The Labute approximate surface area is 107 Å². The monoisotopic (exact) mass is 249 g/mol. The molecule has 0 aliphatic carbocycles. The van der Waals surface area contributed by atoms with Crippen LogP contribution in [0.2, 0.25) is 0 Å². The van der Waals surface area contributed by atoms with E-state index in [1.54, 1.807) is 25.2 Å². The zero-order valence-electron chi connectivity index (χ0n) is 10.9. The Morgan fingerprint density at radius 3 is 2.56 bits per heavy atom. The van der Waals surface area contributed by atoms with E-state index in [-0.39, 0.29) is 11.8 Å². The molecule has 0 saturated heterocycles. The minimum absolute atomic E-state index is 0.152. The third-order valence-corrected chi connectivity index (χ3v) is 2.75. The van der Waals surface area contributed by atoms with Crippen LogP contribution in [0.3, 0.4) is 0 Å². The second-order valence-electron chi connectivity index (χ2n) is 4.11. The van der Waals surface area contributed by atoms with Crippen LogP contribution in [0, 0.1) is 6.92 Å². The third kappa shape index (κ3) is 3.30. The van der Waals surface area contributed by atoms with Crippen LogP contribution in [0.5, 0.6) is 0 Å². The normalized spacial score (nSPS) is 11.8. The van der Waals surface area contributed by atoms with Gasteiger partial charge in [0.25, 0.3) is 5.91 Å². The van der Waals surface area contributed by atoms with Gasteiger partial charge < -0.3 is 16.4 Å². The average molecular weight is 249 g/mol. The summed E-state index contributed by atoms with van der Waals surface area (Å²) in [6, 6.07) is 4.59. The minimum Gasteiger partial charge on any atom is -0.355 e. The lowest BCUT2D eigenvalue weighted by atomic mass is 10.1. The molecule has 5 heteroatoms. The summed E-state index contributed by atoms with van der Waals surface area (Å²) >= 11 is 0. The second-order valence-corrected chi connectivity index (χ2v) is 4.11. The molecule has 0 aliphatic heterocycles. The van der Waals surface area contributed by atoms with E-state index in [1.807, 2.05) is 13.8 Å². The van der Waals surface area contributed by atoms with Gasteiger partial charge >= 0.3 is 0 Å². The van der Waals surface area contributed by atoms with Crippen LogP contribution in [0.25, 0.3) is 0 Å². The first-order valence-corrected chi connectivity index (χ1v) is 5.88. The van der Waals surface area contributed by atoms with Gasteiger partial charge in [-0.2, -0.15) is 0 Å². The van der Waals surface area contributed by atoms with Crippen molar-refractivity contribution >= 4 is 17.5 Å². The molecule has 0 radical (unpaired) electrons. The lowest BCUT2D eigenvalue weighted by Gasteiger charge is -2.12. The smallest absolute Gasteiger partial charge is 0.251 e. The number of benzene rings is 1. The van der Waals surface area contributed by atoms with E-state index >= 15 is 0 Å². The van der Waals surface area contributed by atoms with Crippen LogP contribution >= 0.6 is 0 Å². The molecule has 0 bridgehead atoms. The first kappa shape index (κ1) is 14.2. The molecule has 98 valence electrons. The number of anilines is 1. The van der Waals surface area contributed by atoms with Gasteiger partial charge in [0.15, 0.2) is 0 Å². The predicted octanol–water partition coefficient (Wildman–Crippen LogP) is 1.03. The Hall–Kier alpha value is -1.88. The molecule has 5 nitrogen and oxygen atoms in total. The van der Waals surface area contributed by atoms with Crippen LogP contribution in [-0.2, 0) is 4.79 Å². The maximum absolute atomic E-state index is 11.7. The zero-order valence-corrected chi connectivity index (χ0v) is 10.9. The summed E-state index contributed by atoms with van der Waals surface area (Å²) in [6.07, 6.45) is 0.585. The number of amides is 2. The maximum atomic E-state index is 11.7. The molecule has 0 spiro atoms. The molecular formula is C13H19N3O2. The van der Waals surface area contributed by atoms with E-state index in [0.717, 1.165) is 5.56 Å². The third-order valence-electron chi connectivity index (χ3n) is 2.75. The van der Waals surface area contributed by atoms with Gasteiger partial charge in [0, 0.05) is 18.3 Å². The van der Waals surface area contributed by atoms with E-state index in [9.17, 15) is 9.59 Å². The Morgan fingerprint density at radius 2 is 2.06 bits per heavy atom. The second kappa shape index (κ2) is 6.16. The molecule has 4 N–H and O–H groups in total. The molecule has 0 heterocycles. The van der Waals surface area contributed by atoms with Gasteiger partial charge in [-0.1, -0.05) is 6.92 Å². The average Bonchev–Trinajstić information content (AvgIpc) is 2.38. The number of nitrogens with one attached hydrogen (secondary N) is 2. The van der Waals surface area contributed by atoms with Crippen molar-refractivity contribution in [2.75, 3.05) is 12.4 Å². The van der Waals surface area contributed by atoms with Gasteiger partial charge in [-0.05, 0) is 37.1 Å². The summed E-state index contributed by atoms with van der Waals surface area (Å²) in [5.74, 6) is -0.366. The Morgan fingerprint density at radius 1 is 1.39 bits per heavy atom. The number of rotatable bonds is 4. The van der Waals surface area contributed by atoms with Crippen molar-refractivity contribution in [2.45, 2.75) is 26.3 Å². The van der Waals surface area contributed by atoms with Crippen molar-refractivity contribution in [1.82, 2.24) is 5.32 Å². The van der Waals surface area contributed by atoms with Gasteiger partial charge in [-0.3, -0.25) is 9.59 Å². The molecule has 0 saturated carbocycles. The van der Waals surface area contributed by atoms with E-state index in [4.69, 9.17) is 5.73 Å². The quantitative estimate of drug-likeness (QED) is 0.745. The van der Waals surface area contributed by atoms with Gasteiger partial charge in [-0.15, -0.1) is 0 Å². The molecule has 1 atom stereocenters. The van der Waals surface area contributed by atoms with Gasteiger partial charge in [0.05, 0.1) is 6.04 Å². The summed E-state index contributed by atoms with van der Waals surface area (Å²) in [4.78, 5) is 23.1. The van der Waals surface area contributed by atoms with Crippen LogP contribution in [0.4, 0.5) is 5.69 Å². The van der Waals surface area contributed by atoms with Crippen LogP contribution in [-0.4, -0.2) is 24.9 Å². The highest BCUT2D eigenvalue weighted by Crippen LogP contribution is 2.16. The molecule has 1 aromatic rings. The summed E-state index contributed by atoms with van der Waals surface area (Å²) in [5.41, 5.74) is 7.70.